The summed E-state index contributed by atoms with van der Waals surface area (Å²) >= 11 is 1.50. The molecule has 1 fully saturated rings. The van der Waals surface area contributed by atoms with E-state index in [1.165, 1.54) is 30.5 Å². The molecule has 2 N–H and O–H groups in total. The Morgan fingerprint density at radius 2 is 1.85 bits per heavy atom. The molecule has 1 aliphatic rings. The largest absolute Gasteiger partial charge is 0.366 e. The van der Waals surface area contributed by atoms with Gasteiger partial charge in [-0.3, -0.25) is 0 Å². The maximum absolute atomic E-state index is 13.7. The first-order valence-corrected chi connectivity index (χ1v) is 12.6. The number of anilines is 1. The summed E-state index contributed by atoms with van der Waals surface area (Å²) in [6.07, 6.45) is 0.750. The van der Waals surface area contributed by atoms with E-state index < -0.39 is 21.7 Å². The topological polar surface area (TPSA) is 84.0 Å². The Kier molecular flexibility index (Phi) is 5.38. The molecule has 0 bridgehead atoms. The molecule has 0 saturated heterocycles. The number of fused-ring (bicyclic) bond motifs is 1. The van der Waals surface area contributed by atoms with E-state index in [0.717, 1.165) is 33.1 Å². The van der Waals surface area contributed by atoms with Gasteiger partial charge in [-0.1, -0.05) is 18.2 Å². The minimum absolute atomic E-state index is 0.00250. The number of aryl methyl sites for hydroxylation is 1. The van der Waals surface area contributed by atoms with Gasteiger partial charge in [0.25, 0.3) is 0 Å². The van der Waals surface area contributed by atoms with Gasteiger partial charge >= 0.3 is 0 Å². The maximum Gasteiger partial charge on any atom is 0.241 e. The van der Waals surface area contributed by atoms with Crippen LogP contribution in [-0.4, -0.2) is 31.5 Å². The molecule has 0 aliphatic heterocycles. The summed E-state index contributed by atoms with van der Waals surface area (Å²) in [4.78, 5) is 11.2. The molecule has 10 heteroatoms. The second-order valence-corrected chi connectivity index (χ2v) is 11.0. The van der Waals surface area contributed by atoms with E-state index in [1.54, 1.807) is 24.3 Å². The molecule has 6 nitrogen and oxygen atoms in total. The van der Waals surface area contributed by atoms with Gasteiger partial charge in [-0.2, -0.15) is 0 Å². The van der Waals surface area contributed by atoms with Crippen LogP contribution in [0, 0.1) is 18.6 Å². The number of nitrogens with one attached hydrogen (secondary N) is 2. The van der Waals surface area contributed by atoms with Crippen molar-refractivity contribution in [3.05, 3.63) is 70.6 Å². The standard InChI is InChI=1S/C23H20F2N4O2S2/c1-12-9-16-22(27-19-11-15(19)13-7-8-17(24)18(25)10-13)28-21(29-23(16)32-12)14-5-3-4-6-20(14)33(30,31)26-2/h3-10,15,19,26H,11H2,1-2H3,(H,27,28,29)/t15-,19+/m0/s1. The van der Waals surface area contributed by atoms with Gasteiger partial charge in [-0.25, -0.2) is 31.9 Å². The maximum atomic E-state index is 13.7. The van der Waals surface area contributed by atoms with Crippen molar-refractivity contribution < 1.29 is 17.2 Å². The number of sulfonamides is 1. The Balaban J connectivity index is 1.54. The lowest BCUT2D eigenvalue weighted by Crippen LogP contribution is -2.19. The van der Waals surface area contributed by atoms with Gasteiger partial charge in [0.05, 0.1) is 10.3 Å². The predicted molar refractivity (Wildman–Crippen MR) is 125 cm³/mol. The highest BCUT2D eigenvalue weighted by atomic mass is 32.2. The molecule has 2 aromatic carbocycles. The number of halogens is 2. The van der Waals surface area contributed by atoms with Crippen LogP contribution in [0.25, 0.3) is 21.6 Å². The Morgan fingerprint density at radius 3 is 2.61 bits per heavy atom. The van der Waals surface area contributed by atoms with Gasteiger partial charge in [-0.15, -0.1) is 11.3 Å². The van der Waals surface area contributed by atoms with Crippen LogP contribution in [0.3, 0.4) is 0 Å². The molecule has 0 amide bonds. The first-order chi connectivity index (χ1) is 15.8. The van der Waals surface area contributed by atoms with E-state index in [4.69, 9.17) is 4.98 Å². The van der Waals surface area contributed by atoms with Crippen LogP contribution in [0.4, 0.5) is 14.6 Å². The zero-order valence-corrected chi connectivity index (χ0v) is 19.4. The van der Waals surface area contributed by atoms with E-state index in [0.29, 0.717) is 17.2 Å². The number of aromatic nitrogens is 2. The molecule has 170 valence electrons. The van der Waals surface area contributed by atoms with Crippen LogP contribution in [0.1, 0.15) is 22.8 Å². The van der Waals surface area contributed by atoms with Gasteiger partial charge in [0, 0.05) is 22.4 Å². The first kappa shape index (κ1) is 21.9. The molecular formula is C23H20F2N4O2S2. The van der Waals surface area contributed by atoms with E-state index >= 15 is 0 Å². The minimum atomic E-state index is -3.71. The fourth-order valence-corrected chi connectivity index (χ4v) is 5.72. The van der Waals surface area contributed by atoms with E-state index in [2.05, 4.69) is 15.0 Å². The summed E-state index contributed by atoms with van der Waals surface area (Å²) in [7, 11) is -2.36. The first-order valence-electron chi connectivity index (χ1n) is 10.3. The van der Waals surface area contributed by atoms with Crippen molar-refractivity contribution in [1.29, 1.82) is 0 Å². The molecule has 0 spiro atoms. The molecule has 1 aliphatic carbocycles. The smallest absolute Gasteiger partial charge is 0.241 e. The summed E-state index contributed by atoms with van der Waals surface area (Å²) in [6, 6.07) is 12.5. The van der Waals surface area contributed by atoms with Crippen molar-refractivity contribution in [2.45, 2.75) is 30.2 Å². The number of rotatable bonds is 6. The van der Waals surface area contributed by atoms with E-state index in [9.17, 15) is 17.2 Å². The average Bonchev–Trinajstić information content (AvgIpc) is 3.45. The van der Waals surface area contributed by atoms with Crippen LogP contribution in [0.15, 0.2) is 53.4 Å². The molecule has 33 heavy (non-hydrogen) atoms. The minimum Gasteiger partial charge on any atom is -0.366 e. The van der Waals surface area contributed by atoms with Crippen molar-refractivity contribution in [2.75, 3.05) is 12.4 Å². The molecular weight excluding hydrogens is 466 g/mol. The molecule has 2 heterocycles. The molecule has 4 aromatic rings. The van der Waals surface area contributed by atoms with Crippen molar-refractivity contribution in [3.8, 4) is 11.4 Å². The zero-order valence-electron chi connectivity index (χ0n) is 17.8. The van der Waals surface area contributed by atoms with E-state index in [-0.39, 0.29) is 16.9 Å². The normalized spacial score (nSPS) is 17.9. The fraction of sp³-hybridized carbons (Fsp3) is 0.217. The van der Waals surface area contributed by atoms with Crippen LogP contribution < -0.4 is 10.0 Å². The fourth-order valence-electron chi connectivity index (χ4n) is 3.91. The van der Waals surface area contributed by atoms with Crippen LogP contribution in [0.5, 0.6) is 0 Å². The highest BCUT2D eigenvalue weighted by Gasteiger charge is 2.39. The zero-order chi connectivity index (χ0) is 23.3. The molecule has 1 saturated carbocycles. The lowest BCUT2D eigenvalue weighted by molar-refractivity contribution is 0.507. The number of thiophene rings is 1. The van der Waals surface area contributed by atoms with Crippen molar-refractivity contribution in [2.24, 2.45) is 0 Å². The van der Waals surface area contributed by atoms with Gasteiger partial charge in [0.2, 0.25) is 10.0 Å². The molecule has 0 unspecified atom stereocenters. The highest BCUT2D eigenvalue weighted by molar-refractivity contribution is 7.89. The second kappa shape index (κ2) is 8.12. The summed E-state index contributed by atoms with van der Waals surface area (Å²) in [5.41, 5.74) is 1.12. The lowest BCUT2D eigenvalue weighted by Gasteiger charge is -2.12. The lowest BCUT2D eigenvalue weighted by atomic mass is 10.1. The summed E-state index contributed by atoms with van der Waals surface area (Å²) in [5, 5.41) is 4.25. The van der Waals surface area contributed by atoms with Gasteiger partial charge < -0.3 is 5.32 Å². The van der Waals surface area contributed by atoms with Crippen molar-refractivity contribution in [3.63, 3.8) is 0 Å². The Hall–Kier alpha value is -2.95. The number of hydrogen-bond acceptors (Lipinski definition) is 6. The third-order valence-electron chi connectivity index (χ3n) is 5.69. The molecule has 0 radical (unpaired) electrons. The second-order valence-electron chi connectivity index (χ2n) is 7.94. The van der Waals surface area contributed by atoms with Crippen molar-refractivity contribution >= 4 is 37.4 Å². The molecule has 5 rings (SSSR count). The van der Waals surface area contributed by atoms with Gasteiger partial charge in [0.15, 0.2) is 17.5 Å². The number of benzene rings is 2. The molecule has 2 atom stereocenters. The van der Waals surface area contributed by atoms with Crippen LogP contribution >= 0.6 is 11.3 Å². The third-order valence-corrected chi connectivity index (χ3v) is 8.10. The number of hydrogen-bond donors (Lipinski definition) is 2. The predicted octanol–water partition coefficient (Wildman–Crippen LogP) is 4.82. The average molecular weight is 487 g/mol. The summed E-state index contributed by atoms with van der Waals surface area (Å²) in [6.45, 7) is 1.97. The monoisotopic (exact) mass is 486 g/mol. The Bertz CT molecular complexity index is 1490. The van der Waals surface area contributed by atoms with Crippen molar-refractivity contribution in [1.82, 2.24) is 14.7 Å². The quantitative estimate of drug-likeness (QED) is 0.408. The SMILES string of the molecule is CNS(=O)(=O)c1ccccc1-c1nc(N[C@@H]2C[C@H]2c2ccc(F)c(F)c2)c2cc(C)sc2n1. The molecule has 2 aromatic heterocycles. The van der Waals surface area contributed by atoms with Gasteiger partial charge in [0.1, 0.15) is 10.6 Å². The van der Waals surface area contributed by atoms with Gasteiger partial charge in [-0.05, 0) is 56.3 Å². The third kappa shape index (κ3) is 4.09. The van der Waals surface area contributed by atoms with E-state index in [1.807, 2.05) is 13.0 Å². The van der Waals surface area contributed by atoms with Crippen LogP contribution in [-0.2, 0) is 10.0 Å². The summed E-state index contributed by atoms with van der Waals surface area (Å²) < 4.78 is 54.4. The highest BCUT2D eigenvalue weighted by Crippen LogP contribution is 2.44. The Morgan fingerprint density at radius 1 is 1.06 bits per heavy atom. The summed E-state index contributed by atoms with van der Waals surface area (Å²) in [5.74, 6) is -0.807. The van der Waals surface area contributed by atoms with Crippen LogP contribution in [0.2, 0.25) is 0 Å². The Labute approximate surface area is 193 Å². The number of nitrogens with zero attached hydrogens (tertiary/aromatic N) is 2.